The molecule has 26 heavy (non-hydrogen) atoms. The zero-order valence-electron chi connectivity index (χ0n) is 15.0. The van der Waals surface area contributed by atoms with Crippen LogP contribution in [-0.2, 0) is 7.05 Å². The molecule has 1 amide bonds. The Morgan fingerprint density at radius 3 is 2.81 bits per heavy atom. The van der Waals surface area contributed by atoms with Gasteiger partial charge in [-0.1, -0.05) is 11.6 Å². The van der Waals surface area contributed by atoms with Gasteiger partial charge in [0.2, 0.25) is 0 Å². The second kappa shape index (κ2) is 7.21. The van der Waals surface area contributed by atoms with E-state index in [-0.39, 0.29) is 5.91 Å². The van der Waals surface area contributed by atoms with Gasteiger partial charge in [0.1, 0.15) is 0 Å². The van der Waals surface area contributed by atoms with Crippen LogP contribution in [0.3, 0.4) is 0 Å². The average molecular weight is 375 g/mol. The van der Waals surface area contributed by atoms with Crippen molar-refractivity contribution in [2.24, 2.45) is 7.05 Å². The Kier molecular flexibility index (Phi) is 4.99. The van der Waals surface area contributed by atoms with Crippen LogP contribution in [-0.4, -0.2) is 34.4 Å². The summed E-state index contributed by atoms with van der Waals surface area (Å²) in [4.78, 5) is 17.0. The number of carbonyl (C=O) groups excluding carboxylic acids is 1. The summed E-state index contributed by atoms with van der Waals surface area (Å²) >= 11 is 6.23. The normalized spacial score (nSPS) is 10.8. The molecule has 3 aromatic rings. The third-order valence-electron chi connectivity index (χ3n) is 3.90. The lowest BCUT2D eigenvalue weighted by molar-refractivity contribution is 0.102. The number of amides is 1. The topological polar surface area (TPSA) is 78.3 Å². The van der Waals surface area contributed by atoms with E-state index in [0.717, 1.165) is 16.7 Å². The first-order chi connectivity index (χ1) is 12.4. The molecule has 2 heterocycles. The van der Waals surface area contributed by atoms with Crippen molar-refractivity contribution < 1.29 is 14.3 Å². The minimum absolute atomic E-state index is 0.313. The van der Waals surface area contributed by atoms with Gasteiger partial charge in [-0.05, 0) is 32.0 Å². The number of hydrogen-bond donors (Lipinski definition) is 1. The first-order valence-corrected chi connectivity index (χ1v) is 8.43. The first kappa shape index (κ1) is 18.0. The number of aromatic nitrogens is 3. The van der Waals surface area contributed by atoms with Gasteiger partial charge in [0, 0.05) is 18.0 Å². The highest BCUT2D eigenvalue weighted by Gasteiger charge is 2.16. The standard InChI is InChI=1S/C18H19ClN4O3/c1-5-26-16-14(19)6-11(7-15(16)25-4)18(24)21-12-8-13-10(2)22-23(3)17(13)20-9-12/h6-9H,5H2,1-4H3,(H,21,24). The van der Waals surface area contributed by atoms with E-state index in [2.05, 4.69) is 15.4 Å². The smallest absolute Gasteiger partial charge is 0.255 e. The van der Waals surface area contributed by atoms with Crippen LogP contribution in [0, 0.1) is 6.92 Å². The first-order valence-electron chi connectivity index (χ1n) is 8.05. The zero-order valence-corrected chi connectivity index (χ0v) is 15.7. The van der Waals surface area contributed by atoms with Gasteiger partial charge in [0.05, 0.1) is 36.3 Å². The van der Waals surface area contributed by atoms with Gasteiger partial charge in [-0.2, -0.15) is 5.10 Å². The molecule has 0 aliphatic rings. The average Bonchev–Trinajstić information content (AvgIpc) is 2.90. The summed E-state index contributed by atoms with van der Waals surface area (Å²) < 4.78 is 12.5. The van der Waals surface area contributed by atoms with Crippen molar-refractivity contribution in [3.63, 3.8) is 0 Å². The highest BCUT2D eigenvalue weighted by molar-refractivity contribution is 6.32. The van der Waals surface area contributed by atoms with Crippen molar-refractivity contribution in [2.45, 2.75) is 13.8 Å². The number of ether oxygens (including phenoxy) is 2. The van der Waals surface area contributed by atoms with Crippen molar-refractivity contribution >= 4 is 34.2 Å². The van der Waals surface area contributed by atoms with Crippen molar-refractivity contribution in [3.8, 4) is 11.5 Å². The van der Waals surface area contributed by atoms with Crippen LogP contribution in [0.2, 0.25) is 5.02 Å². The van der Waals surface area contributed by atoms with Crippen molar-refractivity contribution in [1.29, 1.82) is 0 Å². The number of nitrogens with zero attached hydrogens (tertiary/aromatic N) is 3. The monoisotopic (exact) mass is 374 g/mol. The Morgan fingerprint density at radius 2 is 2.12 bits per heavy atom. The summed E-state index contributed by atoms with van der Waals surface area (Å²) in [6.07, 6.45) is 1.59. The number of benzene rings is 1. The lowest BCUT2D eigenvalue weighted by Gasteiger charge is -2.13. The molecule has 0 aliphatic heterocycles. The van der Waals surface area contributed by atoms with E-state index in [0.29, 0.717) is 34.4 Å². The number of aryl methyl sites for hydroxylation is 2. The molecule has 8 heteroatoms. The molecule has 0 atom stereocenters. The van der Waals surface area contributed by atoms with Gasteiger partial charge < -0.3 is 14.8 Å². The van der Waals surface area contributed by atoms with Crippen LogP contribution in [0.4, 0.5) is 5.69 Å². The summed E-state index contributed by atoms with van der Waals surface area (Å²) in [7, 11) is 3.33. The van der Waals surface area contributed by atoms with Gasteiger partial charge in [0.25, 0.3) is 5.91 Å². The molecule has 0 spiro atoms. The molecule has 0 bridgehead atoms. The second-order valence-electron chi connectivity index (χ2n) is 5.68. The van der Waals surface area contributed by atoms with Gasteiger partial charge in [0.15, 0.2) is 17.1 Å². The van der Waals surface area contributed by atoms with E-state index in [1.165, 1.54) is 7.11 Å². The van der Waals surface area contributed by atoms with E-state index < -0.39 is 0 Å². The predicted octanol–water partition coefficient (Wildman–Crippen LogP) is 3.59. The van der Waals surface area contributed by atoms with E-state index >= 15 is 0 Å². The Bertz CT molecular complexity index is 984. The largest absolute Gasteiger partial charge is 0.493 e. The van der Waals surface area contributed by atoms with Crippen LogP contribution in [0.25, 0.3) is 11.0 Å². The zero-order chi connectivity index (χ0) is 18.8. The summed E-state index contributed by atoms with van der Waals surface area (Å²) in [6.45, 7) is 4.18. The molecule has 1 N–H and O–H groups in total. The Hall–Kier alpha value is -2.80. The number of methoxy groups -OCH3 is 1. The van der Waals surface area contributed by atoms with E-state index in [1.54, 1.807) is 23.0 Å². The number of fused-ring (bicyclic) bond motifs is 1. The Labute approximate surface area is 155 Å². The summed E-state index contributed by atoms with van der Waals surface area (Å²) in [5.41, 5.74) is 2.53. The number of anilines is 1. The minimum atomic E-state index is -0.323. The number of rotatable bonds is 5. The summed E-state index contributed by atoms with van der Waals surface area (Å²) in [5.74, 6) is 0.499. The maximum absolute atomic E-state index is 12.6. The maximum Gasteiger partial charge on any atom is 0.255 e. The molecule has 0 saturated carbocycles. The van der Waals surface area contributed by atoms with Crippen LogP contribution in [0.15, 0.2) is 24.4 Å². The maximum atomic E-state index is 12.6. The lowest BCUT2D eigenvalue weighted by atomic mass is 10.1. The van der Waals surface area contributed by atoms with Gasteiger partial charge in [-0.25, -0.2) is 4.98 Å². The number of pyridine rings is 1. The number of hydrogen-bond acceptors (Lipinski definition) is 5. The van der Waals surface area contributed by atoms with Gasteiger partial charge in [-0.15, -0.1) is 0 Å². The number of nitrogens with one attached hydrogen (secondary N) is 1. The fraction of sp³-hybridized carbons (Fsp3) is 0.278. The molecular formula is C18H19ClN4O3. The number of halogens is 1. The fourth-order valence-electron chi connectivity index (χ4n) is 2.71. The molecule has 1 aromatic carbocycles. The Morgan fingerprint density at radius 1 is 1.35 bits per heavy atom. The lowest BCUT2D eigenvalue weighted by Crippen LogP contribution is -2.12. The summed E-state index contributed by atoms with van der Waals surface area (Å²) in [6, 6.07) is 4.98. The quantitative estimate of drug-likeness (QED) is 0.738. The SMILES string of the molecule is CCOc1c(Cl)cc(C(=O)Nc2cnc3c(c2)c(C)nn3C)cc1OC. The van der Waals surface area contributed by atoms with Crippen molar-refractivity contribution in [2.75, 3.05) is 19.0 Å². The van der Waals surface area contributed by atoms with Gasteiger partial charge in [-0.3, -0.25) is 9.48 Å². The van der Waals surface area contributed by atoms with E-state index in [4.69, 9.17) is 21.1 Å². The molecular weight excluding hydrogens is 356 g/mol. The highest BCUT2D eigenvalue weighted by atomic mass is 35.5. The minimum Gasteiger partial charge on any atom is -0.493 e. The van der Waals surface area contributed by atoms with Crippen LogP contribution >= 0.6 is 11.6 Å². The molecule has 0 aliphatic carbocycles. The molecule has 0 fully saturated rings. The van der Waals surface area contributed by atoms with Crippen molar-refractivity contribution in [1.82, 2.24) is 14.8 Å². The van der Waals surface area contributed by atoms with E-state index in [1.807, 2.05) is 27.0 Å². The van der Waals surface area contributed by atoms with Crippen LogP contribution in [0.1, 0.15) is 23.0 Å². The molecule has 3 rings (SSSR count). The van der Waals surface area contributed by atoms with Crippen LogP contribution < -0.4 is 14.8 Å². The molecule has 0 saturated heterocycles. The molecule has 136 valence electrons. The Balaban J connectivity index is 1.90. The highest BCUT2D eigenvalue weighted by Crippen LogP contribution is 2.36. The van der Waals surface area contributed by atoms with Gasteiger partial charge >= 0.3 is 0 Å². The molecule has 2 aromatic heterocycles. The van der Waals surface area contributed by atoms with E-state index in [9.17, 15) is 4.79 Å². The summed E-state index contributed by atoms with van der Waals surface area (Å²) in [5, 5.41) is 8.34. The van der Waals surface area contributed by atoms with Crippen molar-refractivity contribution in [3.05, 3.63) is 40.7 Å². The third-order valence-corrected chi connectivity index (χ3v) is 4.18. The second-order valence-corrected chi connectivity index (χ2v) is 6.09. The van der Waals surface area contributed by atoms with Crippen LogP contribution in [0.5, 0.6) is 11.5 Å². The predicted molar refractivity (Wildman–Crippen MR) is 100 cm³/mol. The third kappa shape index (κ3) is 3.30. The molecule has 0 unspecified atom stereocenters. The fourth-order valence-corrected chi connectivity index (χ4v) is 2.98. The molecule has 0 radical (unpaired) electrons. The number of carbonyl (C=O) groups is 1. The molecule has 7 nitrogen and oxygen atoms in total.